The van der Waals surface area contributed by atoms with Gasteiger partial charge in [-0.3, -0.25) is 4.99 Å². The molecule has 1 N–H and O–H groups in total. The Balaban J connectivity index is 3.43. The lowest BCUT2D eigenvalue weighted by Gasteiger charge is -1.92. The lowest BCUT2D eigenvalue weighted by molar-refractivity contribution is 1.06. The fourth-order valence-corrected chi connectivity index (χ4v) is 0.302. The van der Waals surface area contributed by atoms with Crippen LogP contribution in [0.4, 0.5) is 0 Å². The highest BCUT2D eigenvalue weighted by Gasteiger charge is 1.76. The van der Waals surface area contributed by atoms with Crippen LogP contribution in [0.15, 0.2) is 29.9 Å². The van der Waals surface area contributed by atoms with Gasteiger partial charge in [-0.1, -0.05) is 12.7 Å². The number of nitrogens with zero attached hydrogens (tertiary/aromatic N) is 1. The molecule has 0 fully saturated rings. The van der Waals surface area contributed by atoms with E-state index in [9.17, 15) is 0 Å². The molecule has 9 heavy (non-hydrogen) atoms. The maximum atomic E-state index is 3.96. The molecule has 0 bridgehead atoms. The topological polar surface area (TPSA) is 24.4 Å². The van der Waals surface area contributed by atoms with E-state index >= 15 is 0 Å². The predicted molar refractivity (Wildman–Crippen MR) is 41.8 cm³/mol. The third-order valence-corrected chi connectivity index (χ3v) is 0.803. The number of nitrogens with one attached hydrogen (secondary N) is 1. The Hall–Kier alpha value is -1.05. The number of hydrogen-bond donors (Lipinski definition) is 1. The van der Waals surface area contributed by atoms with Crippen molar-refractivity contribution >= 4 is 6.21 Å². The van der Waals surface area contributed by atoms with Crippen molar-refractivity contribution in [2.45, 2.75) is 0 Å². The highest BCUT2D eigenvalue weighted by atomic mass is 14.8. The van der Waals surface area contributed by atoms with Gasteiger partial charge in [-0.25, -0.2) is 0 Å². The van der Waals surface area contributed by atoms with E-state index in [0.717, 1.165) is 5.70 Å². The highest BCUT2D eigenvalue weighted by Crippen LogP contribution is 1.75. The Kier molecular flexibility index (Phi) is 4.50. The van der Waals surface area contributed by atoms with Gasteiger partial charge in [0.05, 0.1) is 6.54 Å². The number of rotatable bonds is 4. The molecular formula is C7H12N2. The minimum atomic E-state index is 0.653. The first-order valence-electron chi connectivity index (χ1n) is 2.78. The van der Waals surface area contributed by atoms with E-state index in [0.29, 0.717) is 6.54 Å². The molecule has 0 aliphatic heterocycles. The molecule has 0 spiro atoms. The Morgan fingerprint density at radius 2 is 2.44 bits per heavy atom. The quantitative estimate of drug-likeness (QED) is 0.438. The van der Waals surface area contributed by atoms with E-state index < -0.39 is 0 Å². The summed E-state index contributed by atoms with van der Waals surface area (Å²) < 4.78 is 0. The van der Waals surface area contributed by atoms with Gasteiger partial charge < -0.3 is 5.32 Å². The second kappa shape index (κ2) is 5.09. The summed E-state index contributed by atoms with van der Waals surface area (Å²) >= 11 is 0. The van der Waals surface area contributed by atoms with Gasteiger partial charge in [-0.15, -0.1) is 6.58 Å². The first-order valence-corrected chi connectivity index (χ1v) is 2.78. The normalized spacial score (nSPS) is 9.44. The molecule has 0 rings (SSSR count). The molecule has 0 atom stereocenters. The van der Waals surface area contributed by atoms with Gasteiger partial charge in [-0.2, -0.15) is 0 Å². The molecule has 0 aliphatic rings. The Morgan fingerprint density at radius 1 is 1.78 bits per heavy atom. The van der Waals surface area contributed by atoms with Crippen LogP contribution in [0.5, 0.6) is 0 Å². The number of allylic oxidation sites excluding steroid dienone is 1. The van der Waals surface area contributed by atoms with Gasteiger partial charge in [0.1, 0.15) is 0 Å². The van der Waals surface area contributed by atoms with Gasteiger partial charge in [0.25, 0.3) is 0 Å². The zero-order chi connectivity index (χ0) is 7.11. The van der Waals surface area contributed by atoms with E-state index in [2.05, 4.69) is 23.5 Å². The van der Waals surface area contributed by atoms with Crippen LogP contribution in [0.1, 0.15) is 0 Å². The predicted octanol–water partition coefficient (Wildman–Crippen LogP) is 0.976. The van der Waals surface area contributed by atoms with Gasteiger partial charge in [0.2, 0.25) is 0 Å². The van der Waals surface area contributed by atoms with Crippen molar-refractivity contribution in [2.24, 2.45) is 4.99 Å². The summed E-state index contributed by atoms with van der Waals surface area (Å²) in [4.78, 5) is 3.96. The van der Waals surface area contributed by atoms with Crippen LogP contribution < -0.4 is 5.32 Å². The van der Waals surface area contributed by atoms with Crippen LogP contribution >= 0.6 is 0 Å². The van der Waals surface area contributed by atoms with Crippen LogP contribution in [-0.2, 0) is 0 Å². The van der Waals surface area contributed by atoms with Gasteiger partial charge in [-0.05, 0) is 0 Å². The SMILES string of the molecule is C=CCN=CC(=C)NC. The van der Waals surface area contributed by atoms with Crippen molar-refractivity contribution < 1.29 is 0 Å². The first kappa shape index (κ1) is 7.95. The molecule has 0 aromatic rings. The van der Waals surface area contributed by atoms with Crippen LogP contribution in [0.3, 0.4) is 0 Å². The highest BCUT2D eigenvalue weighted by molar-refractivity contribution is 5.76. The van der Waals surface area contributed by atoms with Gasteiger partial charge in [0, 0.05) is 19.0 Å². The van der Waals surface area contributed by atoms with Gasteiger partial charge >= 0.3 is 0 Å². The Labute approximate surface area is 56.0 Å². The molecule has 0 radical (unpaired) electrons. The van der Waals surface area contributed by atoms with Crippen molar-refractivity contribution in [1.29, 1.82) is 0 Å². The summed E-state index contributed by atoms with van der Waals surface area (Å²) in [6, 6.07) is 0. The second-order valence-electron chi connectivity index (χ2n) is 1.56. The fourth-order valence-electron chi connectivity index (χ4n) is 0.302. The summed E-state index contributed by atoms with van der Waals surface area (Å²) in [7, 11) is 1.81. The van der Waals surface area contributed by atoms with Crippen molar-refractivity contribution in [1.82, 2.24) is 5.32 Å². The lowest BCUT2D eigenvalue weighted by Crippen LogP contribution is -2.04. The molecule has 0 saturated heterocycles. The third-order valence-electron chi connectivity index (χ3n) is 0.803. The molecule has 0 aromatic carbocycles. The standard InChI is InChI=1S/C7H12N2/c1-4-5-9-6-7(2)8-3/h4,6,8H,1-2,5H2,3H3. The molecule has 2 heteroatoms. The monoisotopic (exact) mass is 124 g/mol. The summed E-state index contributed by atoms with van der Waals surface area (Å²) in [5.41, 5.74) is 0.817. The Morgan fingerprint density at radius 3 is 2.89 bits per heavy atom. The first-order chi connectivity index (χ1) is 4.31. The molecule has 2 nitrogen and oxygen atoms in total. The van der Waals surface area contributed by atoms with E-state index in [-0.39, 0.29) is 0 Å². The zero-order valence-electron chi connectivity index (χ0n) is 5.72. The van der Waals surface area contributed by atoms with Crippen LogP contribution in [0.2, 0.25) is 0 Å². The summed E-state index contributed by atoms with van der Waals surface area (Å²) in [5, 5.41) is 2.85. The van der Waals surface area contributed by atoms with E-state index in [1.165, 1.54) is 0 Å². The smallest absolute Gasteiger partial charge is 0.0568 e. The van der Waals surface area contributed by atoms with Gasteiger partial charge in [0.15, 0.2) is 0 Å². The van der Waals surface area contributed by atoms with Crippen LogP contribution in [0, 0.1) is 0 Å². The van der Waals surface area contributed by atoms with Crippen LogP contribution in [-0.4, -0.2) is 19.8 Å². The number of aliphatic imine (C=N–C) groups is 1. The fraction of sp³-hybridized carbons (Fsp3) is 0.286. The number of hydrogen-bond acceptors (Lipinski definition) is 2. The largest absolute Gasteiger partial charge is 0.387 e. The third kappa shape index (κ3) is 4.81. The van der Waals surface area contributed by atoms with Crippen LogP contribution in [0.25, 0.3) is 0 Å². The molecule has 0 aromatic heterocycles. The molecule has 0 heterocycles. The summed E-state index contributed by atoms with van der Waals surface area (Å²) in [5.74, 6) is 0. The van der Waals surface area contributed by atoms with E-state index in [4.69, 9.17) is 0 Å². The summed E-state index contributed by atoms with van der Waals surface area (Å²) in [6.45, 7) is 7.82. The van der Waals surface area contributed by atoms with Crippen molar-refractivity contribution in [3.63, 3.8) is 0 Å². The van der Waals surface area contributed by atoms with Crippen molar-refractivity contribution in [3.8, 4) is 0 Å². The molecule has 0 unspecified atom stereocenters. The molecule has 50 valence electrons. The van der Waals surface area contributed by atoms with E-state index in [1.54, 1.807) is 12.3 Å². The Bertz CT molecular complexity index is 125. The average molecular weight is 124 g/mol. The summed E-state index contributed by atoms with van der Waals surface area (Å²) in [6.07, 6.45) is 3.42. The maximum absolute atomic E-state index is 3.96. The molecule has 0 amide bonds. The molecule has 0 saturated carbocycles. The second-order valence-corrected chi connectivity index (χ2v) is 1.56. The molecule has 0 aliphatic carbocycles. The maximum Gasteiger partial charge on any atom is 0.0568 e. The average Bonchev–Trinajstić information content (AvgIpc) is 1.89. The van der Waals surface area contributed by atoms with Crippen molar-refractivity contribution in [2.75, 3.05) is 13.6 Å². The molecular weight excluding hydrogens is 112 g/mol. The minimum absolute atomic E-state index is 0.653. The lowest BCUT2D eigenvalue weighted by atomic mass is 10.5. The minimum Gasteiger partial charge on any atom is -0.387 e. The zero-order valence-corrected chi connectivity index (χ0v) is 5.72. The van der Waals surface area contributed by atoms with Crippen molar-refractivity contribution in [3.05, 3.63) is 24.9 Å². The van der Waals surface area contributed by atoms with E-state index in [1.807, 2.05) is 7.05 Å².